The van der Waals surface area contributed by atoms with Crippen molar-refractivity contribution in [1.82, 2.24) is 9.88 Å². The zero-order valence-electron chi connectivity index (χ0n) is 10.3. The van der Waals surface area contributed by atoms with Crippen LogP contribution >= 0.6 is 0 Å². The molecule has 1 aromatic heterocycles. The summed E-state index contributed by atoms with van der Waals surface area (Å²) in [5, 5.41) is 8.85. The molecule has 0 saturated heterocycles. The van der Waals surface area contributed by atoms with Crippen molar-refractivity contribution in [1.29, 1.82) is 0 Å². The van der Waals surface area contributed by atoms with Crippen molar-refractivity contribution < 1.29 is 9.90 Å². The number of nitrogens with zero attached hydrogens (tertiary/aromatic N) is 2. The SMILES string of the molecule is CC(C)c1cc2c(cn1)CN(C(=O)CO)CC2. The van der Waals surface area contributed by atoms with Crippen LogP contribution in [0.3, 0.4) is 0 Å². The molecule has 2 heterocycles. The number of amides is 1. The van der Waals surface area contributed by atoms with E-state index in [9.17, 15) is 4.79 Å². The molecule has 1 amide bonds. The number of hydrogen-bond donors (Lipinski definition) is 1. The first-order chi connectivity index (χ1) is 8.11. The Balaban J connectivity index is 2.20. The summed E-state index contributed by atoms with van der Waals surface area (Å²) in [7, 11) is 0. The Hall–Kier alpha value is -1.42. The lowest BCUT2D eigenvalue weighted by molar-refractivity contribution is -0.135. The van der Waals surface area contributed by atoms with Crippen molar-refractivity contribution >= 4 is 5.91 Å². The fourth-order valence-corrected chi connectivity index (χ4v) is 2.09. The minimum absolute atomic E-state index is 0.205. The lowest BCUT2D eigenvalue weighted by atomic mass is 9.98. The van der Waals surface area contributed by atoms with Crippen molar-refractivity contribution in [2.24, 2.45) is 0 Å². The Bertz CT molecular complexity index is 429. The van der Waals surface area contributed by atoms with Gasteiger partial charge in [-0.15, -0.1) is 0 Å². The van der Waals surface area contributed by atoms with E-state index < -0.39 is 6.61 Å². The molecular weight excluding hydrogens is 216 g/mol. The molecule has 1 aliphatic heterocycles. The monoisotopic (exact) mass is 234 g/mol. The second-order valence-electron chi connectivity index (χ2n) is 4.76. The first-order valence-corrected chi connectivity index (χ1v) is 5.98. The molecule has 2 rings (SSSR count). The van der Waals surface area contributed by atoms with E-state index in [2.05, 4.69) is 24.9 Å². The summed E-state index contributed by atoms with van der Waals surface area (Å²) in [6.07, 6.45) is 2.71. The van der Waals surface area contributed by atoms with E-state index in [1.54, 1.807) is 4.90 Å². The molecule has 17 heavy (non-hydrogen) atoms. The molecular formula is C13H18N2O2. The summed E-state index contributed by atoms with van der Waals surface area (Å²) in [5.41, 5.74) is 3.49. The van der Waals surface area contributed by atoms with Crippen molar-refractivity contribution in [2.75, 3.05) is 13.2 Å². The molecule has 1 N–H and O–H groups in total. The first kappa shape index (κ1) is 12.0. The van der Waals surface area contributed by atoms with Gasteiger partial charge in [0, 0.05) is 25.0 Å². The van der Waals surface area contributed by atoms with Crippen LogP contribution in [-0.2, 0) is 17.8 Å². The molecule has 0 aromatic carbocycles. The fraction of sp³-hybridized carbons (Fsp3) is 0.538. The zero-order chi connectivity index (χ0) is 12.4. The Morgan fingerprint density at radius 3 is 2.94 bits per heavy atom. The van der Waals surface area contributed by atoms with Crippen molar-refractivity contribution in [3.8, 4) is 0 Å². The zero-order valence-corrected chi connectivity index (χ0v) is 10.3. The summed E-state index contributed by atoms with van der Waals surface area (Å²) >= 11 is 0. The van der Waals surface area contributed by atoms with Gasteiger partial charge in [0.25, 0.3) is 0 Å². The number of aromatic nitrogens is 1. The molecule has 4 heteroatoms. The quantitative estimate of drug-likeness (QED) is 0.833. The predicted octanol–water partition coefficient (Wildman–Crippen LogP) is 1.08. The van der Waals surface area contributed by atoms with E-state index in [1.807, 2.05) is 6.20 Å². The third-order valence-corrected chi connectivity index (χ3v) is 3.20. The Morgan fingerprint density at radius 2 is 2.29 bits per heavy atom. The maximum Gasteiger partial charge on any atom is 0.248 e. The number of rotatable bonds is 2. The Labute approximate surface area is 101 Å². The van der Waals surface area contributed by atoms with Gasteiger partial charge >= 0.3 is 0 Å². The fourth-order valence-electron chi connectivity index (χ4n) is 2.09. The Morgan fingerprint density at radius 1 is 1.53 bits per heavy atom. The highest BCUT2D eigenvalue weighted by molar-refractivity contribution is 5.77. The van der Waals surface area contributed by atoms with Gasteiger partial charge in [-0.1, -0.05) is 13.8 Å². The van der Waals surface area contributed by atoms with Crippen molar-refractivity contribution in [3.63, 3.8) is 0 Å². The minimum Gasteiger partial charge on any atom is -0.387 e. The highest BCUT2D eigenvalue weighted by Gasteiger charge is 2.20. The average molecular weight is 234 g/mol. The van der Waals surface area contributed by atoms with Gasteiger partial charge in [0.2, 0.25) is 5.91 Å². The molecule has 0 unspecified atom stereocenters. The van der Waals surface area contributed by atoms with Gasteiger partial charge in [0.15, 0.2) is 0 Å². The molecule has 92 valence electrons. The van der Waals surface area contributed by atoms with Gasteiger partial charge in [-0.25, -0.2) is 0 Å². The van der Waals surface area contributed by atoms with Gasteiger partial charge in [-0.05, 0) is 29.5 Å². The van der Waals surface area contributed by atoms with E-state index in [0.29, 0.717) is 19.0 Å². The van der Waals surface area contributed by atoms with Crippen molar-refractivity contribution in [3.05, 3.63) is 29.1 Å². The molecule has 0 fully saturated rings. The summed E-state index contributed by atoms with van der Waals surface area (Å²) < 4.78 is 0. The van der Waals surface area contributed by atoms with Gasteiger partial charge in [-0.2, -0.15) is 0 Å². The van der Waals surface area contributed by atoms with Crippen LogP contribution in [0.5, 0.6) is 0 Å². The normalized spacial score (nSPS) is 14.9. The topological polar surface area (TPSA) is 53.4 Å². The molecule has 0 aliphatic carbocycles. The molecule has 1 aromatic rings. The second kappa shape index (κ2) is 4.84. The lowest BCUT2D eigenvalue weighted by Gasteiger charge is -2.28. The largest absolute Gasteiger partial charge is 0.387 e. The number of carbonyl (C=O) groups excluding carboxylic acids is 1. The smallest absolute Gasteiger partial charge is 0.248 e. The van der Waals surface area contributed by atoms with Crippen LogP contribution in [0, 0.1) is 0 Å². The van der Waals surface area contributed by atoms with Crippen LogP contribution in [0.4, 0.5) is 0 Å². The van der Waals surface area contributed by atoms with Crippen LogP contribution in [-0.4, -0.2) is 34.0 Å². The van der Waals surface area contributed by atoms with Crippen LogP contribution in [0.1, 0.15) is 36.6 Å². The van der Waals surface area contributed by atoms with Crippen LogP contribution < -0.4 is 0 Å². The highest BCUT2D eigenvalue weighted by Crippen LogP contribution is 2.21. The maximum atomic E-state index is 11.4. The highest BCUT2D eigenvalue weighted by atomic mass is 16.3. The van der Waals surface area contributed by atoms with Crippen LogP contribution in [0.25, 0.3) is 0 Å². The molecule has 0 bridgehead atoms. The number of aliphatic hydroxyl groups excluding tert-OH is 1. The van der Waals surface area contributed by atoms with Crippen LogP contribution in [0.15, 0.2) is 12.3 Å². The molecule has 0 saturated carbocycles. The lowest BCUT2D eigenvalue weighted by Crippen LogP contribution is -2.37. The standard InChI is InChI=1S/C13H18N2O2/c1-9(2)12-5-10-3-4-15(13(17)8-16)7-11(10)6-14-12/h5-6,9,16H,3-4,7-8H2,1-2H3. The van der Waals surface area contributed by atoms with E-state index >= 15 is 0 Å². The summed E-state index contributed by atoms with van der Waals surface area (Å²) in [5.74, 6) is 0.223. The summed E-state index contributed by atoms with van der Waals surface area (Å²) in [4.78, 5) is 17.5. The first-order valence-electron chi connectivity index (χ1n) is 5.98. The number of fused-ring (bicyclic) bond motifs is 1. The Kier molecular flexibility index (Phi) is 3.43. The second-order valence-corrected chi connectivity index (χ2v) is 4.76. The van der Waals surface area contributed by atoms with E-state index in [-0.39, 0.29) is 5.91 Å². The van der Waals surface area contributed by atoms with E-state index in [4.69, 9.17) is 5.11 Å². The van der Waals surface area contributed by atoms with Crippen LogP contribution in [0.2, 0.25) is 0 Å². The van der Waals surface area contributed by atoms with Gasteiger partial charge in [-0.3, -0.25) is 9.78 Å². The maximum absolute atomic E-state index is 11.4. The average Bonchev–Trinajstić information content (AvgIpc) is 2.36. The minimum atomic E-state index is -0.410. The van der Waals surface area contributed by atoms with Crippen molar-refractivity contribution in [2.45, 2.75) is 32.7 Å². The number of carbonyl (C=O) groups is 1. The van der Waals surface area contributed by atoms with E-state index in [0.717, 1.165) is 17.7 Å². The number of aliphatic hydroxyl groups is 1. The van der Waals surface area contributed by atoms with Gasteiger partial charge < -0.3 is 10.0 Å². The summed E-state index contributed by atoms with van der Waals surface area (Å²) in [6.45, 7) is 5.10. The number of hydrogen-bond acceptors (Lipinski definition) is 3. The summed E-state index contributed by atoms with van der Waals surface area (Å²) in [6, 6.07) is 2.14. The molecule has 0 spiro atoms. The van der Waals surface area contributed by atoms with Gasteiger partial charge in [0.05, 0.1) is 0 Å². The third kappa shape index (κ3) is 2.47. The molecule has 0 radical (unpaired) electrons. The van der Waals surface area contributed by atoms with Gasteiger partial charge in [0.1, 0.15) is 6.61 Å². The predicted molar refractivity (Wildman–Crippen MR) is 64.5 cm³/mol. The molecule has 1 aliphatic rings. The molecule has 0 atom stereocenters. The number of pyridine rings is 1. The molecule has 4 nitrogen and oxygen atoms in total. The van der Waals surface area contributed by atoms with E-state index in [1.165, 1.54) is 5.56 Å². The third-order valence-electron chi connectivity index (χ3n) is 3.20.